The maximum absolute atomic E-state index is 16.1. The SMILES string of the molecule is C=Nc1[nH]c(-c2ccc(CCN3CCC4(CC3)CCN(C(=O)c3ccc(OC)c(N5CCC(=O)NC5=O)c3)CC4)cc2)cc1C(=NC)c1cc(F)cc(NC(=O)c2ccc(C(C)(C)OC(=O)[C@H](C)NC(=O)CCOCCOCCOCCOCCOCCOCCOCCOCCOCCOCCOCCOCCNC(=O)CCC(C(=O)O)N(CCCCCCCCCCC)C(=O)CCCCCCCCCC(=O)O)cc2F)c1C. The zero-order valence-corrected chi connectivity index (χ0v) is 88.7. The van der Waals surface area contributed by atoms with E-state index in [2.05, 4.69) is 66.9 Å². The number of hydrogen-bond acceptors (Lipinski definition) is 27. The number of imide groups is 1. The number of aliphatic carboxylic acids is 2. The van der Waals surface area contributed by atoms with Crippen LogP contribution in [-0.2, 0) is 107 Å². The second-order valence-electron chi connectivity index (χ2n) is 38.0. The number of H-pyrrole nitrogens is 1. The molecule has 0 bridgehead atoms. The van der Waals surface area contributed by atoms with E-state index in [0.717, 1.165) is 126 Å². The minimum atomic E-state index is -1.41. The summed E-state index contributed by atoms with van der Waals surface area (Å²) in [5, 5.41) is 29.5. The number of esters is 1. The van der Waals surface area contributed by atoms with Gasteiger partial charge in [-0.3, -0.25) is 48.8 Å². The van der Waals surface area contributed by atoms with Crippen molar-refractivity contribution < 1.29 is 133 Å². The molecule has 8 rings (SSSR count). The molecule has 149 heavy (non-hydrogen) atoms. The van der Waals surface area contributed by atoms with E-state index in [1.807, 2.05) is 23.1 Å². The van der Waals surface area contributed by atoms with Crippen LogP contribution in [0.25, 0.3) is 11.3 Å². The average Bonchev–Trinajstić information content (AvgIpc) is 1.67. The van der Waals surface area contributed by atoms with Crippen molar-refractivity contribution in [3.8, 4) is 17.0 Å². The molecule has 1 spiro atoms. The van der Waals surface area contributed by atoms with E-state index in [4.69, 9.17) is 71.4 Å². The predicted octanol–water partition coefficient (Wildman–Crippen LogP) is 14.5. The van der Waals surface area contributed by atoms with Gasteiger partial charge in [-0.2, -0.15) is 0 Å². The van der Waals surface area contributed by atoms with Crippen LogP contribution in [0.2, 0.25) is 0 Å². The quantitative estimate of drug-likeness (QED) is 0.0108. The van der Waals surface area contributed by atoms with Gasteiger partial charge in [0.05, 0.1) is 183 Å². The first-order valence-electron chi connectivity index (χ1n) is 53.1. The fraction of sp³-hybridized carbons (Fsp3) is 0.636. The third kappa shape index (κ3) is 45.8. The highest BCUT2D eigenvalue weighted by atomic mass is 19.1. The molecule has 4 aromatic carbocycles. The van der Waals surface area contributed by atoms with Crippen molar-refractivity contribution in [2.24, 2.45) is 15.4 Å². The highest BCUT2D eigenvalue weighted by Crippen LogP contribution is 2.43. The molecule has 4 heterocycles. The van der Waals surface area contributed by atoms with Crippen molar-refractivity contribution in [1.29, 1.82) is 0 Å². The Balaban J connectivity index is 0.569. The standard InChI is InChI=1S/C110H163F2N11O26/c1-9-10-11-12-13-14-18-21-24-45-122(100(127)25-22-19-16-15-17-20-23-26-101(128)129)94(106(132)133)34-36-97(124)115-44-53-138-55-57-140-59-61-142-63-65-144-67-69-146-71-73-148-75-74-147-72-70-145-68-66-143-64-62-141-60-58-139-56-54-137-52-39-99(126)116-82(3)107(134)149-109(4,5)86-32-33-88(91(112)77-86)104(130)118-92-79-87(111)78-89(81(92)2)102(113-6)90-80-93(117-103(90)114-7)84-29-27-83(28-30-84)37-46-120-48-40-110(41-49-120)42-50-121(51-43-110)105(131)85-31-35-96(136-8)95(76-85)123-47-38-98(125)119-108(123)135/h27-33,35,76-80,82,94,117H,7,9-26,34,36-75H2,1-6,8H3,(H,115,124)(H,116,126)(H,118,130)(H,128,129)(H,132,133)(H,119,125,135)/t82-,94?/m0/s1. The Kier molecular flexibility index (Phi) is 58.4. The van der Waals surface area contributed by atoms with Crippen LogP contribution in [0.3, 0.4) is 0 Å². The van der Waals surface area contributed by atoms with Crippen LogP contribution in [0.4, 0.5) is 30.8 Å². The number of carbonyl (C=O) groups is 10. The van der Waals surface area contributed by atoms with E-state index in [-0.39, 0.29) is 124 Å². The Morgan fingerprint density at radius 1 is 0.570 bits per heavy atom. The van der Waals surface area contributed by atoms with Gasteiger partial charge >= 0.3 is 23.9 Å². The number of rotatable bonds is 80. The molecule has 828 valence electrons. The molecular formula is C110H163F2N11O26. The molecule has 0 saturated carbocycles. The molecule has 39 heteroatoms. The molecule has 5 aromatic rings. The molecule has 7 N–H and O–H groups in total. The van der Waals surface area contributed by atoms with Crippen molar-refractivity contribution in [2.75, 3.05) is 235 Å². The van der Waals surface area contributed by atoms with Crippen LogP contribution >= 0.6 is 0 Å². The summed E-state index contributed by atoms with van der Waals surface area (Å²) in [5.41, 5.74) is 4.03. The lowest BCUT2D eigenvalue weighted by molar-refractivity contribution is -0.160. The lowest BCUT2D eigenvalue weighted by Crippen LogP contribution is -2.50. The summed E-state index contributed by atoms with van der Waals surface area (Å²) in [4.78, 5) is 147. The summed E-state index contributed by atoms with van der Waals surface area (Å²) < 4.78 is 110. The summed E-state index contributed by atoms with van der Waals surface area (Å²) in [5.74, 6) is -5.74. The first-order chi connectivity index (χ1) is 72.2. The number of anilines is 2. The number of carbonyl (C=O) groups excluding carboxylic acids is 8. The van der Waals surface area contributed by atoms with E-state index < -0.39 is 65.1 Å². The maximum Gasteiger partial charge on any atom is 0.329 e. The van der Waals surface area contributed by atoms with Gasteiger partial charge in [0.1, 0.15) is 40.9 Å². The largest absolute Gasteiger partial charge is 0.495 e. The molecule has 0 radical (unpaired) electrons. The Labute approximate surface area is 876 Å². The number of aromatic amines is 1. The third-order valence-corrected chi connectivity index (χ3v) is 26.6. The Bertz CT molecular complexity index is 4910. The number of aliphatic imine (C=N–C) groups is 2. The van der Waals surface area contributed by atoms with Crippen LogP contribution < -0.4 is 30.9 Å². The molecule has 1 aromatic heterocycles. The van der Waals surface area contributed by atoms with Gasteiger partial charge in [-0.05, 0) is 181 Å². The van der Waals surface area contributed by atoms with E-state index >= 15 is 8.78 Å². The molecule has 3 aliphatic heterocycles. The summed E-state index contributed by atoms with van der Waals surface area (Å²) >= 11 is 0. The maximum atomic E-state index is 16.1. The molecular weight excluding hydrogens is 1930 g/mol. The van der Waals surface area contributed by atoms with Crippen LogP contribution in [-0.4, -0.2) is 339 Å². The van der Waals surface area contributed by atoms with Crippen LogP contribution in [0.1, 0.15) is 243 Å². The number of amides is 8. The number of piperidine rings is 2. The van der Waals surface area contributed by atoms with Gasteiger partial charge in [0, 0.05) is 106 Å². The normalized spacial score (nSPS) is 14.3. The zero-order chi connectivity index (χ0) is 107. The van der Waals surface area contributed by atoms with Crippen molar-refractivity contribution >= 4 is 89.0 Å². The van der Waals surface area contributed by atoms with Crippen molar-refractivity contribution in [3.63, 3.8) is 0 Å². The molecule has 2 atom stereocenters. The molecule has 3 aliphatic rings. The van der Waals surface area contributed by atoms with Crippen LogP contribution in [0.15, 0.2) is 88.8 Å². The highest BCUT2D eigenvalue weighted by Gasteiger charge is 2.40. The van der Waals surface area contributed by atoms with Gasteiger partial charge in [0.25, 0.3) is 11.8 Å². The van der Waals surface area contributed by atoms with Crippen molar-refractivity contribution in [1.82, 2.24) is 35.6 Å². The van der Waals surface area contributed by atoms with E-state index in [0.29, 0.717) is 216 Å². The van der Waals surface area contributed by atoms with Gasteiger partial charge in [-0.25, -0.2) is 28.2 Å². The van der Waals surface area contributed by atoms with E-state index in [9.17, 15) is 53.1 Å². The number of carboxylic acids is 2. The fourth-order valence-corrected chi connectivity index (χ4v) is 17.8. The Hall–Kier alpha value is -10.7. The minimum absolute atomic E-state index is 0.0154. The number of methoxy groups -OCH3 is 1. The van der Waals surface area contributed by atoms with Gasteiger partial charge in [0.2, 0.25) is 23.6 Å². The Morgan fingerprint density at radius 2 is 1.09 bits per heavy atom. The number of unbranched alkanes of at least 4 members (excludes halogenated alkanes) is 14. The summed E-state index contributed by atoms with van der Waals surface area (Å²) in [6.45, 7) is 25.6. The summed E-state index contributed by atoms with van der Waals surface area (Å²) in [6.07, 6.45) is 21.0. The predicted molar refractivity (Wildman–Crippen MR) is 561 cm³/mol. The Morgan fingerprint density at radius 3 is 1.60 bits per heavy atom. The second kappa shape index (κ2) is 70.5. The number of nitrogens with one attached hydrogen (secondary N) is 5. The first-order valence-corrected chi connectivity index (χ1v) is 53.1. The average molecular weight is 2090 g/mol. The topological polar surface area (TPSA) is 442 Å². The lowest BCUT2D eigenvalue weighted by Gasteiger charge is -2.47. The third-order valence-electron chi connectivity index (χ3n) is 26.6. The van der Waals surface area contributed by atoms with Crippen LogP contribution in [0, 0.1) is 24.0 Å². The van der Waals surface area contributed by atoms with Gasteiger partial charge in [-0.1, -0.05) is 121 Å². The number of aromatic nitrogens is 1. The first kappa shape index (κ1) is 124. The smallest absolute Gasteiger partial charge is 0.329 e. The summed E-state index contributed by atoms with van der Waals surface area (Å²) in [6, 6.07) is 18.7. The lowest BCUT2D eigenvalue weighted by atomic mass is 9.71. The molecule has 0 aliphatic carbocycles. The number of hydrogen-bond donors (Lipinski definition) is 7. The number of ether oxygens (including phenoxy) is 14. The molecule has 3 saturated heterocycles. The molecule has 37 nitrogen and oxygen atoms in total. The molecule has 3 fully saturated rings. The number of urea groups is 1. The van der Waals surface area contributed by atoms with Crippen LogP contribution in [0.5, 0.6) is 5.75 Å². The fourth-order valence-electron chi connectivity index (χ4n) is 17.8. The monoisotopic (exact) mass is 2090 g/mol. The zero-order valence-electron chi connectivity index (χ0n) is 88.7. The van der Waals surface area contributed by atoms with E-state index in [1.54, 1.807) is 46.0 Å². The van der Waals surface area contributed by atoms with Gasteiger partial charge in [0.15, 0.2) is 0 Å². The van der Waals surface area contributed by atoms with Gasteiger partial charge < -0.3 is 112 Å². The summed E-state index contributed by atoms with van der Waals surface area (Å²) in [7, 11) is 3.07. The van der Waals surface area contributed by atoms with Crippen molar-refractivity contribution in [2.45, 2.75) is 226 Å². The second-order valence-corrected chi connectivity index (χ2v) is 38.0. The number of halogens is 2. The number of benzene rings is 4. The highest BCUT2D eigenvalue weighted by molar-refractivity contribution is 6.18. The number of carboxylic acid groups (broad SMARTS) is 2. The van der Waals surface area contributed by atoms with Gasteiger partial charge in [-0.15, -0.1) is 0 Å². The number of likely N-dealkylation sites (tertiary alicyclic amines) is 2. The van der Waals surface area contributed by atoms with E-state index in [1.165, 1.54) is 79.7 Å². The number of nitrogens with zero attached hydrogens (tertiary/aromatic N) is 6. The minimum Gasteiger partial charge on any atom is -0.495 e. The molecule has 1 unspecified atom stereocenters. The van der Waals surface area contributed by atoms with Crippen molar-refractivity contribution in [3.05, 3.63) is 129 Å². The molecule has 8 amide bonds.